The quantitative estimate of drug-likeness (QED) is 0.793. The molecule has 0 radical (unpaired) electrons. The predicted molar refractivity (Wildman–Crippen MR) is 101 cm³/mol. The van der Waals surface area contributed by atoms with Gasteiger partial charge in [-0.25, -0.2) is 9.78 Å². The summed E-state index contributed by atoms with van der Waals surface area (Å²) in [6.45, 7) is 10.4. The number of carbonyl (C=O) groups is 2. The molecule has 0 saturated carbocycles. The van der Waals surface area contributed by atoms with Crippen LogP contribution in [-0.2, 0) is 10.2 Å². The second-order valence-corrected chi connectivity index (χ2v) is 7.85. The minimum atomic E-state index is -0.354. The molecule has 1 aromatic carbocycles. The fraction of sp³-hybridized carbons (Fsp3) is 0.421. The summed E-state index contributed by atoms with van der Waals surface area (Å²) >= 11 is 1.41. The summed E-state index contributed by atoms with van der Waals surface area (Å²) in [5.74, 6) is -0.542. The number of esters is 1. The van der Waals surface area contributed by atoms with E-state index in [0.717, 1.165) is 17.1 Å². The smallest absolute Gasteiger partial charge is 0.338 e. The molecule has 0 saturated heterocycles. The van der Waals surface area contributed by atoms with Crippen molar-refractivity contribution in [3.8, 4) is 0 Å². The van der Waals surface area contributed by atoms with Gasteiger partial charge in [-0.15, -0.1) is 11.3 Å². The van der Waals surface area contributed by atoms with Gasteiger partial charge in [0.1, 0.15) is 4.88 Å². The Labute approximate surface area is 152 Å². The summed E-state index contributed by atoms with van der Waals surface area (Å²) in [4.78, 5) is 29.4. The lowest BCUT2D eigenvalue weighted by molar-refractivity contribution is 0.0505. The molecule has 0 aliphatic rings. The van der Waals surface area contributed by atoms with Crippen LogP contribution in [-0.4, -0.2) is 23.5 Å². The first-order valence-corrected chi connectivity index (χ1v) is 9.10. The highest BCUT2D eigenvalue weighted by Gasteiger charge is 2.23. The zero-order valence-electron chi connectivity index (χ0n) is 15.3. The summed E-state index contributed by atoms with van der Waals surface area (Å²) < 4.78 is 5.08. The number of rotatable bonds is 5. The lowest BCUT2D eigenvalue weighted by atomic mass is 9.98. The summed E-state index contributed by atoms with van der Waals surface area (Å²) in [6, 6.07) is 6.68. The van der Waals surface area contributed by atoms with Gasteiger partial charge in [0, 0.05) is 11.1 Å². The van der Waals surface area contributed by atoms with Crippen LogP contribution in [0.15, 0.2) is 24.3 Å². The van der Waals surface area contributed by atoms with Crippen LogP contribution in [0.4, 0.5) is 5.69 Å². The topological polar surface area (TPSA) is 68.3 Å². The predicted octanol–water partition coefficient (Wildman–Crippen LogP) is 4.57. The van der Waals surface area contributed by atoms with Crippen molar-refractivity contribution >= 4 is 28.9 Å². The molecule has 1 aromatic heterocycles. The second kappa shape index (κ2) is 7.78. The third-order valence-corrected chi connectivity index (χ3v) is 5.04. The Bertz CT molecular complexity index is 758. The molecule has 2 aromatic rings. The van der Waals surface area contributed by atoms with Crippen molar-refractivity contribution in [2.45, 2.75) is 46.5 Å². The molecule has 0 aliphatic heterocycles. The molecule has 0 spiro atoms. The van der Waals surface area contributed by atoms with Gasteiger partial charge in [0.2, 0.25) is 0 Å². The Balaban J connectivity index is 2.08. The van der Waals surface area contributed by atoms with Crippen LogP contribution in [0.1, 0.15) is 64.8 Å². The molecule has 1 heterocycles. The van der Waals surface area contributed by atoms with Gasteiger partial charge in [-0.3, -0.25) is 4.79 Å². The lowest BCUT2D eigenvalue weighted by Crippen LogP contribution is -2.12. The van der Waals surface area contributed by atoms with Gasteiger partial charge in [0.05, 0.1) is 22.9 Å². The molecule has 134 valence electrons. The van der Waals surface area contributed by atoms with Crippen molar-refractivity contribution in [1.29, 1.82) is 0 Å². The first-order chi connectivity index (χ1) is 11.7. The number of anilines is 1. The van der Waals surface area contributed by atoms with E-state index in [1.54, 1.807) is 24.3 Å². The highest BCUT2D eigenvalue weighted by atomic mass is 32.1. The largest absolute Gasteiger partial charge is 0.462 e. The van der Waals surface area contributed by atoms with Crippen LogP contribution in [0, 0.1) is 6.92 Å². The van der Waals surface area contributed by atoms with Crippen molar-refractivity contribution in [3.05, 3.63) is 45.4 Å². The monoisotopic (exact) mass is 360 g/mol. The minimum absolute atomic E-state index is 0.0888. The van der Waals surface area contributed by atoms with E-state index in [4.69, 9.17) is 4.74 Å². The number of nitrogens with one attached hydrogen (secondary N) is 1. The molecular formula is C19H24N2O3S. The molecule has 2 rings (SSSR count). The molecule has 0 atom stereocenters. The van der Waals surface area contributed by atoms with Gasteiger partial charge >= 0.3 is 5.97 Å². The van der Waals surface area contributed by atoms with Crippen LogP contribution in [0.2, 0.25) is 0 Å². The fourth-order valence-corrected chi connectivity index (χ4v) is 3.10. The Morgan fingerprint density at radius 3 is 2.36 bits per heavy atom. The molecule has 0 unspecified atom stereocenters. The van der Waals surface area contributed by atoms with Crippen LogP contribution >= 0.6 is 11.3 Å². The van der Waals surface area contributed by atoms with Gasteiger partial charge in [-0.2, -0.15) is 0 Å². The van der Waals surface area contributed by atoms with Gasteiger partial charge in [0.15, 0.2) is 0 Å². The molecule has 0 bridgehead atoms. The first-order valence-electron chi connectivity index (χ1n) is 8.28. The van der Waals surface area contributed by atoms with Crippen LogP contribution in [0.5, 0.6) is 0 Å². The van der Waals surface area contributed by atoms with E-state index in [9.17, 15) is 9.59 Å². The van der Waals surface area contributed by atoms with E-state index in [-0.39, 0.29) is 17.3 Å². The Hall–Kier alpha value is -2.21. The molecule has 0 fully saturated rings. The normalized spacial score (nSPS) is 11.2. The Morgan fingerprint density at radius 2 is 1.84 bits per heavy atom. The number of ether oxygens (including phenoxy) is 1. The number of benzene rings is 1. The maximum Gasteiger partial charge on any atom is 0.338 e. The Morgan fingerprint density at radius 1 is 1.20 bits per heavy atom. The summed E-state index contributed by atoms with van der Waals surface area (Å²) in [6.07, 6.45) is 0.782. The summed E-state index contributed by atoms with van der Waals surface area (Å²) in [5.41, 5.74) is 1.74. The molecular weight excluding hydrogens is 336 g/mol. The van der Waals surface area contributed by atoms with Crippen LogP contribution in [0.25, 0.3) is 0 Å². The molecule has 5 nitrogen and oxygen atoms in total. The molecule has 0 aliphatic carbocycles. The number of aromatic nitrogens is 1. The SMILES string of the molecule is CCCOC(=O)c1ccc(NC(=O)c2sc(C(C)(C)C)nc2C)cc1. The molecule has 25 heavy (non-hydrogen) atoms. The maximum atomic E-state index is 12.5. The van der Waals surface area contributed by atoms with Gasteiger partial charge in [-0.1, -0.05) is 27.7 Å². The van der Waals surface area contributed by atoms with Gasteiger partial charge < -0.3 is 10.1 Å². The number of thiazole rings is 1. The molecule has 6 heteroatoms. The zero-order valence-corrected chi connectivity index (χ0v) is 16.1. The van der Waals surface area contributed by atoms with E-state index < -0.39 is 0 Å². The second-order valence-electron chi connectivity index (χ2n) is 6.85. The van der Waals surface area contributed by atoms with E-state index >= 15 is 0 Å². The highest BCUT2D eigenvalue weighted by Crippen LogP contribution is 2.29. The van der Waals surface area contributed by atoms with Crippen LogP contribution < -0.4 is 5.32 Å². The molecule has 1 amide bonds. The number of carbonyl (C=O) groups excluding carboxylic acids is 2. The fourth-order valence-electron chi connectivity index (χ4n) is 2.08. The average Bonchev–Trinajstić information content (AvgIpc) is 2.95. The number of hydrogen-bond donors (Lipinski definition) is 1. The van der Waals surface area contributed by atoms with Crippen molar-refractivity contribution < 1.29 is 14.3 Å². The van der Waals surface area contributed by atoms with Crippen molar-refractivity contribution in [1.82, 2.24) is 4.98 Å². The summed E-state index contributed by atoms with van der Waals surface area (Å²) in [7, 11) is 0. The van der Waals surface area contributed by atoms with Gasteiger partial charge in [-0.05, 0) is 37.6 Å². The van der Waals surface area contributed by atoms with Crippen LogP contribution in [0.3, 0.4) is 0 Å². The van der Waals surface area contributed by atoms with Gasteiger partial charge in [0.25, 0.3) is 5.91 Å². The number of aryl methyl sites for hydroxylation is 1. The number of amides is 1. The first kappa shape index (κ1) is 19.1. The highest BCUT2D eigenvalue weighted by molar-refractivity contribution is 7.14. The summed E-state index contributed by atoms with van der Waals surface area (Å²) in [5, 5.41) is 3.79. The van der Waals surface area contributed by atoms with Crippen molar-refractivity contribution in [3.63, 3.8) is 0 Å². The Kier molecular flexibility index (Phi) is 5.95. The standard InChI is InChI=1S/C19H24N2O3S/c1-6-11-24-17(23)13-7-9-14(10-8-13)21-16(22)15-12(2)20-18(25-15)19(3,4)5/h7-10H,6,11H2,1-5H3,(H,21,22). The number of hydrogen-bond acceptors (Lipinski definition) is 5. The van der Waals surface area contributed by atoms with E-state index in [1.807, 2.05) is 13.8 Å². The maximum absolute atomic E-state index is 12.5. The third-order valence-electron chi connectivity index (χ3n) is 3.46. The van der Waals surface area contributed by atoms with Crippen molar-refractivity contribution in [2.75, 3.05) is 11.9 Å². The molecule has 1 N–H and O–H groups in total. The van der Waals surface area contributed by atoms with E-state index in [2.05, 4.69) is 31.1 Å². The average molecular weight is 360 g/mol. The van der Waals surface area contributed by atoms with Crippen molar-refractivity contribution in [2.24, 2.45) is 0 Å². The zero-order chi connectivity index (χ0) is 18.6. The third kappa shape index (κ3) is 4.89. The van der Waals surface area contributed by atoms with E-state index in [1.165, 1.54) is 11.3 Å². The van der Waals surface area contributed by atoms with E-state index in [0.29, 0.717) is 22.7 Å². The minimum Gasteiger partial charge on any atom is -0.462 e. The number of nitrogens with zero attached hydrogens (tertiary/aromatic N) is 1. The lowest BCUT2D eigenvalue weighted by Gasteiger charge is -2.13.